The highest BCUT2D eigenvalue weighted by molar-refractivity contribution is 5.97. The fraction of sp³-hybridized carbons (Fsp3) is 0.429. The van der Waals surface area contributed by atoms with Gasteiger partial charge in [-0.15, -0.1) is 0 Å². The van der Waals surface area contributed by atoms with Crippen LogP contribution in [0, 0.1) is 13.8 Å². The van der Waals surface area contributed by atoms with Crippen molar-refractivity contribution in [3.8, 4) is 0 Å². The lowest BCUT2D eigenvalue weighted by atomic mass is 10.1. The van der Waals surface area contributed by atoms with Crippen LogP contribution >= 0.6 is 0 Å². The second-order valence-corrected chi connectivity index (χ2v) is 6.90. The van der Waals surface area contributed by atoms with E-state index in [1.807, 2.05) is 43.5 Å². The molecule has 0 radical (unpaired) electrons. The number of amides is 1. The molecule has 1 aliphatic carbocycles. The molecular formula is C21H26N2O3. The summed E-state index contributed by atoms with van der Waals surface area (Å²) in [5, 5.41) is 2.85. The van der Waals surface area contributed by atoms with Gasteiger partial charge in [0, 0.05) is 23.6 Å². The molecule has 1 atom stereocenters. The van der Waals surface area contributed by atoms with Crippen LogP contribution in [0.3, 0.4) is 0 Å². The molecule has 0 unspecified atom stereocenters. The zero-order valence-electron chi connectivity index (χ0n) is 15.9. The summed E-state index contributed by atoms with van der Waals surface area (Å²) in [6.45, 7) is 8.26. The average Bonchev–Trinajstić information content (AvgIpc) is 3.18. The van der Waals surface area contributed by atoms with Crippen LogP contribution in [0.5, 0.6) is 0 Å². The van der Waals surface area contributed by atoms with Crippen LogP contribution in [-0.4, -0.2) is 22.5 Å². The number of esters is 1. The molecule has 0 spiro atoms. The van der Waals surface area contributed by atoms with E-state index in [4.69, 9.17) is 4.74 Å². The summed E-state index contributed by atoms with van der Waals surface area (Å²) in [6.07, 6.45) is 2.46. The molecule has 5 heteroatoms. The minimum Gasteiger partial charge on any atom is -0.449 e. The first-order valence-electron chi connectivity index (χ1n) is 9.21. The number of fused-ring (bicyclic) bond motifs is 1. The maximum Gasteiger partial charge on any atom is 0.340 e. The van der Waals surface area contributed by atoms with Gasteiger partial charge in [-0.05, 0) is 76.3 Å². The lowest BCUT2D eigenvalue weighted by molar-refractivity contribution is -0.123. The fourth-order valence-corrected chi connectivity index (χ4v) is 3.67. The van der Waals surface area contributed by atoms with Gasteiger partial charge in [0.25, 0.3) is 5.91 Å². The predicted octanol–water partition coefficient (Wildman–Crippen LogP) is 3.80. The largest absolute Gasteiger partial charge is 0.449 e. The highest BCUT2D eigenvalue weighted by Gasteiger charge is 2.23. The molecule has 2 aromatic rings. The summed E-state index contributed by atoms with van der Waals surface area (Å²) in [5.74, 6) is -0.782. The molecule has 1 aromatic carbocycles. The number of carbonyl (C=O) groups excluding carboxylic acids is 2. The maximum atomic E-state index is 12.5. The first-order valence-corrected chi connectivity index (χ1v) is 9.21. The van der Waals surface area contributed by atoms with Gasteiger partial charge in [0.2, 0.25) is 0 Å². The van der Waals surface area contributed by atoms with Gasteiger partial charge < -0.3 is 14.6 Å². The second kappa shape index (κ2) is 7.36. The molecule has 5 nitrogen and oxygen atoms in total. The van der Waals surface area contributed by atoms with E-state index in [0.29, 0.717) is 5.56 Å². The van der Waals surface area contributed by atoms with Crippen molar-refractivity contribution in [2.45, 2.75) is 59.6 Å². The van der Waals surface area contributed by atoms with Crippen LogP contribution in [0.2, 0.25) is 0 Å². The molecule has 1 heterocycles. The predicted molar refractivity (Wildman–Crippen MR) is 102 cm³/mol. The lowest BCUT2D eigenvalue weighted by Gasteiger charge is -2.14. The van der Waals surface area contributed by atoms with E-state index in [-0.39, 0.29) is 5.91 Å². The van der Waals surface area contributed by atoms with Crippen LogP contribution in [0.1, 0.15) is 53.1 Å². The smallest absolute Gasteiger partial charge is 0.340 e. The molecule has 0 saturated carbocycles. The van der Waals surface area contributed by atoms with Crippen molar-refractivity contribution in [2.24, 2.45) is 0 Å². The Kier molecular flexibility index (Phi) is 5.16. The molecule has 26 heavy (non-hydrogen) atoms. The van der Waals surface area contributed by atoms with Crippen molar-refractivity contribution < 1.29 is 14.3 Å². The number of aromatic nitrogens is 1. The second-order valence-electron chi connectivity index (χ2n) is 6.90. The Labute approximate surface area is 154 Å². The molecule has 138 valence electrons. The topological polar surface area (TPSA) is 60.3 Å². The molecular weight excluding hydrogens is 328 g/mol. The molecule has 3 rings (SSSR count). The number of hydrogen-bond donors (Lipinski definition) is 1. The molecule has 1 N–H and O–H groups in total. The van der Waals surface area contributed by atoms with Crippen molar-refractivity contribution >= 4 is 17.6 Å². The first-order chi connectivity index (χ1) is 12.4. The Morgan fingerprint density at radius 3 is 2.62 bits per heavy atom. The van der Waals surface area contributed by atoms with E-state index in [1.165, 1.54) is 11.1 Å². The minimum atomic E-state index is -0.861. The molecule has 0 saturated heterocycles. The molecule has 0 aliphatic heterocycles. The van der Waals surface area contributed by atoms with E-state index < -0.39 is 12.1 Å². The van der Waals surface area contributed by atoms with Crippen LogP contribution in [0.25, 0.3) is 0 Å². The number of rotatable bonds is 5. The third-order valence-electron chi connectivity index (χ3n) is 5.13. The average molecular weight is 354 g/mol. The van der Waals surface area contributed by atoms with Crippen molar-refractivity contribution in [2.75, 3.05) is 5.32 Å². The fourth-order valence-electron chi connectivity index (χ4n) is 3.67. The van der Waals surface area contributed by atoms with Crippen molar-refractivity contribution in [1.82, 2.24) is 4.57 Å². The highest BCUT2D eigenvalue weighted by atomic mass is 16.5. The van der Waals surface area contributed by atoms with E-state index in [0.717, 1.165) is 42.9 Å². The van der Waals surface area contributed by atoms with Gasteiger partial charge in [-0.3, -0.25) is 4.79 Å². The third kappa shape index (κ3) is 3.52. The number of ether oxygens (including phenoxy) is 1. The number of carbonyl (C=O) groups is 2. The Hall–Kier alpha value is -2.56. The van der Waals surface area contributed by atoms with Gasteiger partial charge in [-0.2, -0.15) is 0 Å². The van der Waals surface area contributed by atoms with Crippen molar-refractivity contribution in [3.63, 3.8) is 0 Å². The molecule has 0 bridgehead atoms. The first kappa shape index (κ1) is 18.2. The minimum absolute atomic E-state index is 0.319. The number of nitrogens with one attached hydrogen (secondary N) is 1. The lowest BCUT2D eigenvalue weighted by Crippen LogP contribution is -2.30. The van der Waals surface area contributed by atoms with E-state index in [2.05, 4.69) is 11.4 Å². The van der Waals surface area contributed by atoms with Crippen LogP contribution in [0.15, 0.2) is 24.3 Å². The van der Waals surface area contributed by atoms with Gasteiger partial charge in [0.15, 0.2) is 6.10 Å². The number of nitrogens with zero attached hydrogens (tertiary/aromatic N) is 1. The Morgan fingerprint density at radius 2 is 1.92 bits per heavy atom. The Morgan fingerprint density at radius 1 is 1.19 bits per heavy atom. The number of benzene rings is 1. The van der Waals surface area contributed by atoms with Crippen LogP contribution in [0.4, 0.5) is 5.69 Å². The van der Waals surface area contributed by atoms with Gasteiger partial charge in [0.1, 0.15) is 0 Å². The zero-order valence-corrected chi connectivity index (χ0v) is 15.9. The van der Waals surface area contributed by atoms with Crippen LogP contribution in [-0.2, 0) is 28.9 Å². The summed E-state index contributed by atoms with van der Waals surface area (Å²) in [5.41, 5.74) is 5.78. The monoisotopic (exact) mass is 354 g/mol. The number of anilines is 1. The molecule has 1 aromatic heterocycles. The Balaban J connectivity index is 1.65. The number of hydrogen-bond acceptors (Lipinski definition) is 3. The van der Waals surface area contributed by atoms with E-state index in [9.17, 15) is 9.59 Å². The maximum absolute atomic E-state index is 12.5. The SMILES string of the molecule is CCn1c(C)cc(C(=O)O[C@H](C)C(=O)Nc2ccc3c(c2)CCC3)c1C. The molecule has 0 fully saturated rings. The third-order valence-corrected chi connectivity index (χ3v) is 5.13. The summed E-state index contributed by atoms with van der Waals surface area (Å²) in [7, 11) is 0. The quantitative estimate of drug-likeness (QED) is 0.831. The standard InChI is InChI=1S/C21H26N2O3/c1-5-23-13(2)11-19(14(23)3)21(25)26-15(4)20(24)22-18-10-9-16-7-6-8-17(16)12-18/h9-12,15H,5-8H2,1-4H3,(H,22,24)/t15-/m1/s1. The normalized spacial score (nSPS) is 14.0. The van der Waals surface area contributed by atoms with Crippen LogP contribution < -0.4 is 5.32 Å². The van der Waals surface area contributed by atoms with Gasteiger partial charge in [-0.25, -0.2) is 4.79 Å². The molecule has 1 amide bonds. The van der Waals surface area contributed by atoms with Crippen molar-refractivity contribution in [3.05, 3.63) is 52.3 Å². The van der Waals surface area contributed by atoms with Gasteiger partial charge in [-0.1, -0.05) is 6.07 Å². The zero-order chi connectivity index (χ0) is 18.8. The van der Waals surface area contributed by atoms with E-state index in [1.54, 1.807) is 6.92 Å². The summed E-state index contributed by atoms with van der Waals surface area (Å²) >= 11 is 0. The summed E-state index contributed by atoms with van der Waals surface area (Å²) < 4.78 is 7.44. The Bertz CT molecular complexity index is 851. The highest BCUT2D eigenvalue weighted by Crippen LogP contribution is 2.25. The molecule has 1 aliphatic rings. The van der Waals surface area contributed by atoms with E-state index >= 15 is 0 Å². The van der Waals surface area contributed by atoms with Crippen molar-refractivity contribution in [1.29, 1.82) is 0 Å². The summed E-state index contributed by atoms with van der Waals surface area (Å²) in [6, 6.07) is 7.80. The van der Waals surface area contributed by atoms with Gasteiger partial charge >= 0.3 is 5.97 Å². The summed E-state index contributed by atoms with van der Waals surface area (Å²) in [4.78, 5) is 24.9. The van der Waals surface area contributed by atoms with Gasteiger partial charge in [0.05, 0.1) is 5.56 Å². The number of aryl methyl sites for hydroxylation is 3.